The van der Waals surface area contributed by atoms with Gasteiger partial charge in [0.1, 0.15) is 0 Å². The summed E-state index contributed by atoms with van der Waals surface area (Å²) in [5, 5.41) is 6.98. The minimum absolute atomic E-state index is 0.111. The smallest absolute Gasteiger partial charge is 0.0769 e. The number of rotatable bonds is 2. The number of nitrogens with zero attached hydrogens (tertiary/aromatic N) is 1. The molecular weight excluding hydrogens is 198 g/mol. The second-order valence-electron chi connectivity index (χ2n) is 4.55. The summed E-state index contributed by atoms with van der Waals surface area (Å²) < 4.78 is 0. The molecule has 1 aromatic rings. The lowest BCUT2D eigenvalue weighted by Crippen LogP contribution is -2.43. The quantitative estimate of drug-likeness (QED) is 0.722. The Morgan fingerprint density at radius 3 is 3.06 bits per heavy atom. The molecule has 3 nitrogen and oxygen atoms in total. The maximum absolute atomic E-state index is 3.83. The topological polar surface area (TPSA) is 27.3 Å². The van der Waals surface area contributed by atoms with Gasteiger partial charge in [0.15, 0.2) is 0 Å². The van der Waals surface area contributed by atoms with Crippen molar-refractivity contribution in [2.75, 3.05) is 31.2 Å². The maximum Gasteiger partial charge on any atom is 0.0769 e. The fourth-order valence-corrected chi connectivity index (χ4v) is 2.84. The molecule has 1 fully saturated rings. The van der Waals surface area contributed by atoms with Crippen LogP contribution < -0.4 is 15.5 Å². The highest BCUT2D eigenvalue weighted by Gasteiger charge is 2.43. The van der Waals surface area contributed by atoms with Crippen LogP contribution in [0, 0.1) is 0 Å². The van der Waals surface area contributed by atoms with Crippen LogP contribution >= 0.6 is 0 Å². The van der Waals surface area contributed by atoms with Crippen LogP contribution in [0.5, 0.6) is 0 Å². The molecule has 1 atom stereocenters. The number of para-hydroxylation sites is 1. The van der Waals surface area contributed by atoms with Gasteiger partial charge in [-0.25, -0.2) is 0 Å². The molecule has 0 amide bonds. The molecule has 2 aliphatic heterocycles. The molecule has 2 heterocycles. The van der Waals surface area contributed by atoms with Gasteiger partial charge in [0.05, 0.1) is 5.54 Å². The Morgan fingerprint density at radius 2 is 2.31 bits per heavy atom. The molecule has 16 heavy (non-hydrogen) atoms. The molecule has 3 heteroatoms. The van der Waals surface area contributed by atoms with Crippen LogP contribution in [-0.2, 0) is 5.54 Å². The first-order valence-corrected chi connectivity index (χ1v) is 5.77. The largest absolute Gasteiger partial charge is 0.365 e. The summed E-state index contributed by atoms with van der Waals surface area (Å²) in [7, 11) is 0. The third kappa shape index (κ3) is 1.29. The van der Waals surface area contributed by atoms with Gasteiger partial charge in [-0.05, 0) is 11.6 Å². The zero-order valence-electron chi connectivity index (χ0n) is 9.37. The van der Waals surface area contributed by atoms with E-state index in [-0.39, 0.29) is 5.54 Å². The molecule has 2 aliphatic rings. The van der Waals surface area contributed by atoms with Gasteiger partial charge < -0.3 is 10.2 Å². The highest BCUT2D eigenvalue weighted by Crippen LogP contribution is 2.39. The van der Waals surface area contributed by atoms with E-state index in [1.807, 2.05) is 6.08 Å². The van der Waals surface area contributed by atoms with Gasteiger partial charge in [-0.3, -0.25) is 5.32 Å². The van der Waals surface area contributed by atoms with Crippen LogP contribution in [0.1, 0.15) is 5.56 Å². The van der Waals surface area contributed by atoms with Crippen LogP contribution in [0.15, 0.2) is 36.9 Å². The lowest BCUT2D eigenvalue weighted by molar-refractivity contribution is 0.443. The van der Waals surface area contributed by atoms with E-state index < -0.39 is 0 Å². The van der Waals surface area contributed by atoms with E-state index in [0.29, 0.717) is 0 Å². The first-order valence-electron chi connectivity index (χ1n) is 5.77. The van der Waals surface area contributed by atoms with E-state index >= 15 is 0 Å². The van der Waals surface area contributed by atoms with Crippen molar-refractivity contribution >= 4 is 5.69 Å². The molecule has 0 radical (unpaired) electrons. The second kappa shape index (κ2) is 3.61. The van der Waals surface area contributed by atoms with Crippen molar-refractivity contribution in [2.45, 2.75) is 5.54 Å². The molecule has 1 aromatic carbocycles. The first-order chi connectivity index (χ1) is 7.86. The van der Waals surface area contributed by atoms with Gasteiger partial charge in [0.2, 0.25) is 0 Å². The van der Waals surface area contributed by atoms with E-state index in [1.165, 1.54) is 11.3 Å². The van der Waals surface area contributed by atoms with Crippen molar-refractivity contribution in [2.24, 2.45) is 0 Å². The number of hydrogen-bond donors (Lipinski definition) is 2. The van der Waals surface area contributed by atoms with Crippen molar-refractivity contribution in [3.63, 3.8) is 0 Å². The van der Waals surface area contributed by atoms with E-state index in [0.717, 1.165) is 26.3 Å². The Labute approximate surface area is 96.1 Å². The summed E-state index contributed by atoms with van der Waals surface area (Å²) in [4.78, 5) is 2.39. The summed E-state index contributed by atoms with van der Waals surface area (Å²) in [6.45, 7) is 7.70. The average molecular weight is 215 g/mol. The van der Waals surface area contributed by atoms with E-state index in [9.17, 15) is 0 Å². The first kappa shape index (κ1) is 9.87. The number of anilines is 1. The van der Waals surface area contributed by atoms with Crippen LogP contribution in [0.4, 0.5) is 5.69 Å². The van der Waals surface area contributed by atoms with Gasteiger partial charge in [0, 0.05) is 32.0 Å². The van der Waals surface area contributed by atoms with Crippen molar-refractivity contribution in [3.8, 4) is 0 Å². The lowest BCUT2D eigenvalue weighted by atomic mass is 9.93. The molecule has 1 unspecified atom stereocenters. The Morgan fingerprint density at radius 1 is 1.44 bits per heavy atom. The van der Waals surface area contributed by atoms with Crippen LogP contribution in [0.2, 0.25) is 0 Å². The minimum atomic E-state index is 0.111. The minimum Gasteiger partial charge on any atom is -0.365 e. The zero-order valence-corrected chi connectivity index (χ0v) is 9.37. The van der Waals surface area contributed by atoms with Gasteiger partial charge >= 0.3 is 0 Å². The SMILES string of the molecule is C=CCN1CC2(CNCN2)c2ccccc21. The summed E-state index contributed by atoms with van der Waals surface area (Å²) in [5.74, 6) is 0. The van der Waals surface area contributed by atoms with E-state index in [2.05, 4.69) is 46.4 Å². The predicted octanol–water partition coefficient (Wildman–Crippen LogP) is 1.04. The average Bonchev–Trinajstić information content (AvgIpc) is 2.89. The normalized spacial score (nSPS) is 27.4. The summed E-state index contributed by atoms with van der Waals surface area (Å²) in [6.07, 6.45) is 1.97. The Balaban J connectivity index is 2.04. The second-order valence-corrected chi connectivity index (χ2v) is 4.55. The number of benzene rings is 1. The Bertz CT molecular complexity index is 407. The molecule has 1 saturated heterocycles. The van der Waals surface area contributed by atoms with Gasteiger partial charge in [-0.2, -0.15) is 0 Å². The van der Waals surface area contributed by atoms with E-state index in [1.54, 1.807) is 0 Å². The van der Waals surface area contributed by atoms with E-state index in [4.69, 9.17) is 0 Å². The predicted molar refractivity (Wildman–Crippen MR) is 66.5 cm³/mol. The third-order valence-electron chi connectivity index (χ3n) is 3.55. The molecule has 1 spiro atoms. The summed E-state index contributed by atoms with van der Waals surface area (Å²) in [6, 6.07) is 8.67. The lowest BCUT2D eigenvalue weighted by Gasteiger charge is -2.24. The van der Waals surface area contributed by atoms with Crippen LogP contribution in [-0.4, -0.2) is 26.3 Å². The fraction of sp³-hybridized carbons (Fsp3) is 0.385. The summed E-state index contributed by atoms with van der Waals surface area (Å²) >= 11 is 0. The molecule has 0 bridgehead atoms. The van der Waals surface area contributed by atoms with Gasteiger partial charge in [0.25, 0.3) is 0 Å². The number of nitrogens with one attached hydrogen (secondary N) is 2. The fourth-order valence-electron chi connectivity index (χ4n) is 2.84. The van der Waals surface area contributed by atoms with Crippen molar-refractivity contribution < 1.29 is 0 Å². The standard InChI is InChI=1S/C13H17N3/c1-2-7-16-9-13(8-14-10-15-13)11-5-3-4-6-12(11)16/h2-6,14-15H,1,7-10H2. The molecule has 0 aliphatic carbocycles. The highest BCUT2D eigenvalue weighted by molar-refractivity contribution is 5.63. The third-order valence-corrected chi connectivity index (χ3v) is 3.55. The Hall–Kier alpha value is -1.32. The molecule has 2 N–H and O–H groups in total. The van der Waals surface area contributed by atoms with Crippen molar-refractivity contribution in [1.82, 2.24) is 10.6 Å². The van der Waals surface area contributed by atoms with Gasteiger partial charge in [-0.15, -0.1) is 6.58 Å². The summed E-state index contributed by atoms with van der Waals surface area (Å²) in [5.41, 5.74) is 2.88. The number of hydrogen-bond acceptors (Lipinski definition) is 3. The number of fused-ring (bicyclic) bond motifs is 2. The zero-order chi connectivity index (χ0) is 11.0. The Kier molecular flexibility index (Phi) is 2.23. The molecule has 84 valence electrons. The van der Waals surface area contributed by atoms with Crippen LogP contribution in [0.25, 0.3) is 0 Å². The maximum atomic E-state index is 3.83. The van der Waals surface area contributed by atoms with Gasteiger partial charge in [-0.1, -0.05) is 24.3 Å². The van der Waals surface area contributed by atoms with Crippen LogP contribution in [0.3, 0.4) is 0 Å². The monoisotopic (exact) mass is 215 g/mol. The molecule has 3 rings (SSSR count). The molecule has 0 saturated carbocycles. The van der Waals surface area contributed by atoms with Crippen molar-refractivity contribution in [3.05, 3.63) is 42.5 Å². The highest BCUT2D eigenvalue weighted by atomic mass is 15.3. The van der Waals surface area contributed by atoms with Crippen molar-refractivity contribution in [1.29, 1.82) is 0 Å². The molecule has 0 aromatic heterocycles. The molecular formula is C13H17N3.